The summed E-state index contributed by atoms with van der Waals surface area (Å²) >= 11 is 0. The number of nitrogens with zero attached hydrogens (tertiary/aromatic N) is 2. The molecule has 0 spiro atoms. The first kappa shape index (κ1) is 18.2. The van der Waals surface area contributed by atoms with Crippen LogP contribution < -0.4 is 10.6 Å². The zero-order valence-electron chi connectivity index (χ0n) is 14.8. The highest BCUT2D eigenvalue weighted by molar-refractivity contribution is 6.03. The van der Waals surface area contributed by atoms with Crippen molar-refractivity contribution in [1.82, 2.24) is 14.9 Å². The Kier molecular flexibility index (Phi) is 4.64. The summed E-state index contributed by atoms with van der Waals surface area (Å²) in [4.78, 5) is 16.5. The molecular formula is C20H17F3N4O. The van der Waals surface area contributed by atoms with Gasteiger partial charge in [-0.1, -0.05) is 18.2 Å². The van der Waals surface area contributed by atoms with Crippen LogP contribution in [0.1, 0.15) is 32.6 Å². The largest absolute Gasteiger partial charge is 0.416 e. The molecule has 0 saturated carbocycles. The molecule has 0 aliphatic carbocycles. The molecule has 0 unspecified atom stereocenters. The van der Waals surface area contributed by atoms with Crippen LogP contribution in [0.3, 0.4) is 0 Å². The van der Waals surface area contributed by atoms with E-state index in [0.29, 0.717) is 16.9 Å². The fourth-order valence-electron chi connectivity index (χ4n) is 3.19. The molecule has 8 heteroatoms. The first-order valence-corrected chi connectivity index (χ1v) is 8.70. The standard InChI is InChI=1S/C20H17F3N4O/c21-20(22,23)17-3-1-2-13(6-17)10-27-11-18(25-12-27)26-19(28)14-4-5-15-8-24-9-16(15)7-14/h1-7,11-12,24H,8-10H2,(H,26,28). The van der Waals surface area contributed by atoms with Crippen molar-refractivity contribution < 1.29 is 18.0 Å². The third kappa shape index (κ3) is 3.91. The van der Waals surface area contributed by atoms with Crippen molar-refractivity contribution in [2.45, 2.75) is 25.8 Å². The van der Waals surface area contributed by atoms with Crippen molar-refractivity contribution in [3.63, 3.8) is 0 Å². The number of hydrogen-bond acceptors (Lipinski definition) is 3. The minimum Gasteiger partial charge on any atom is -0.331 e. The lowest BCUT2D eigenvalue weighted by molar-refractivity contribution is -0.137. The second-order valence-corrected chi connectivity index (χ2v) is 6.67. The van der Waals surface area contributed by atoms with Crippen molar-refractivity contribution in [2.24, 2.45) is 0 Å². The number of anilines is 1. The number of amides is 1. The van der Waals surface area contributed by atoms with Gasteiger partial charge >= 0.3 is 6.18 Å². The van der Waals surface area contributed by atoms with Gasteiger partial charge in [0.15, 0.2) is 5.82 Å². The lowest BCUT2D eigenvalue weighted by Gasteiger charge is -2.09. The maximum Gasteiger partial charge on any atom is 0.416 e. The number of rotatable bonds is 4. The second kappa shape index (κ2) is 7.12. The van der Waals surface area contributed by atoms with Crippen LogP contribution in [0.25, 0.3) is 0 Å². The average Bonchev–Trinajstić information content (AvgIpc) is 3.29. The van der Waals surface area contributed by atoms with Gasteiger partial charge in [0, 0.05) is 31.4 Å². The number of aromatic nitrogens is 2. The van der Waals surface area contributed by atoms with E-state index in [1.54, 1.807) is 22.9 Å². The van der Waals surface area contributed by atoms with E-state index in [0.717, 1.165) is 30.8 Å². The molecule has 0 saturated heterocycles. The quantitative estimate of drug-likeness (QED) is 0.717. The van der Waals surface area contributed by atoms with Crippen LogP contribution in [0.4, 0.5) is 19.0 Å². The minimum atomic E-state index is -4.38. The molecule has 2 heterocycles. The number of imidazole rings is 1. The zero-order valence-corrected chi connectivity index (χ0v) is 14.8. The molecule has 0 bridgehead atoms. The molecule has 1 amide bonds. The Morgan fingerprint density at radius 2 is 1.96 bits per heavy atom. The molecular weight excluding hydrogens is 369 g/mol. The van der Waals surface area contributed by atoms with Crippen LogP contribution in [0, 0.1) is 0 Å². The van der Waals surface area contributed by atoms with E-state index in [-0.39, 0.29) is 12.5 Å². The van der Waals surface area contributed by atoms with Crippen molar-refractivity contribution in [3.05, 3.63) is 82.8 Å². The van der Waals surface area contributed by atoms with E-state index >= 15 is 0 Å². The highest BCUT2D eigenvalue weighted by Crippen LogP contribution is 2.29. The summed E-state index contributed by atoms with van der Waals surface area (Å²) in [5.74, 6) is 0.0645. The molecule has 1 aliphatic rings. The summed E-state index contributed by atoms with van der Waals surface area (Å²) in [6.45, 7) is 1.76. The second-order valence-electron chi connectivity index (χ2n) is 6.67. The van der Waals surface area contributed by atoms with Gasteiger partial charge in [-0.15, -0.1) is 0 Å². The van der Waals surface area contributed by atoms with Gasteiger partial charge in [0.05, 0.1) is 11.9 Å². The molecule has 2 N–H and O–H groups in total. The van der Waals surface area contributed by atoms with Gasteiger partial charge in [-0.3, -0.25) is 4.79 Å². The van der Waals surface area contributed by atoms with E-state index in [2.05, 4.69) is 15.6 Å². The molecule has 4 rings (SSSR count). The smallest absolute Gasteiger partial charge is 0.331 e. The molecule has 28 heavy (non-hydrogen) atoms. The number of alkyl halides is 3. The highest BCUT2D eigenvalue weighted by Gasteiger charge is 2.30. The van der Waals surface area contributed by atoms with Crippen LogP contribution >= 0.6 is 0 Å². The summed E-state index contributed by atoms with van der Waals surface area (Å²) in [7, 11) is 0. The van der Waals surface area contributed by atoms with Gasteiger partial charge in [0.1, 0.15) is 0 Å². The van der Waals surface area contributed by atoms with E-state index < -0.39 is 11.7 Å². The molecule has 0 radical (unpaired) electrons. The lowest BCUT2D eigenvalue weighted by atomic mass is 10.1. The average molecular weight is 386 g/mol. The fourth-order valence-corrected chi connectivity index (χ4v) is 3.19. The zero-order chi connectivity index (χ0) is 19.7. The molecule has 2 aromatic carbocycles. The minimum absolute atomic E-state index is 0.220. The number of carbonyl (C=O) groups excluding carboxylic acids is 1. The van der Waals surface area contributed by atoms with Gasteiger partial charge in [0.25, 0.3) is 5.91 Å². The maximum absolute atomic E-state index is 12.8. The maximum atomic E-state index is 12.8. The van der Waals surface area contributed by atoms with E-state index in [9.17, 15) is 18.0 Å². The Labute approximate surface area is 159 Å². The van der Waals surface area contributed by atoms with E-state index in [1.807, 2.05) is 12.1 Å². The number of benzene rings is 2. The van der Waals surface area contributed by atoms with Crippen LogP contribution in [0.2, 0.25) is 0 Å². The number of carbonyl (C=O) groups is 1. The Bertz CT molecular complexity index is 1030. The van der Waals surface area contributed by atoms with Crippen molar-refractivity contribution in [1.29, 1.82) is 0 Å². The number of hydrogen-bond donors (Lipinski definition) is 2. The summed E-state index contributed by atoms with van der Waals surface area (Å²) in [6, 6.07) is 10.7. The van der Waals surface area contributed by atoms with Gasteiger partial charge < -0.3 is 15.2 Å². The third-order valence-electron chi connectivity index (χ3n) is 4.59. The van der Waals surface area contributed by atoms with Gasteiger partial charge in [0.2, 0.25) is 0 Å². The first-order valence-electron chi connectivity index (χ1n) is 8.70. The first-order chi connectivity index (χ1) is 13.4. The normalized spacial score (nSPS) is 13.4. The number of nitrogens with one attached hydrogen (secondary N) is 2. The number of fused-ring (bicyclic) bond motifs is 1. The van der Waals surface area contributed by atoms with Crippen LogP contribution in [0.5, 0.6) is 0 Å². The molecule has 144 valence electrons. The van der Waals surface area contributed by atoms with Crippen LogP contribution in [0.15, 0.2) is 55.0 Å². The topological polar surface area (TPSA) is 59.0 Å². The molecule has 3 aromatic rings. The number of halogens is 3. The summed E-state index contributed by atoms with van der Waals surface area (Å²) in [5.41, 5.74) is 2.63. The molecule has 1 aromatic heterocycles. The van der Waals surface area contributed by atoms with Crippen molar-refractivity contribution in [2.75, 3.05) is 5.32 Å². The van der Waals surface area contributed by atoms with E-state index in [1.165, 1.54) is 18.0 Å². The molecule has 5 nitrogen and oxygen atoms in total. The van der Waals surface area contributed by atoms with Crippen LogP contribution in [-0.2, 0) is 25.8 Å². The Hall–Kier alpha value is -3.13. The Morgan fingerprint density at radius 1 is 1.14 bits per heavy atom. The third-order valence-corrected chi connectivity index (χ3v) is 4.59. The summed E-state index contributed by atoms with van der Waals surface area (Å²) < 4.78 is 40.1. The SMILES string of the molecule is O=C(Nc1cn(Cc2cccc(C(F)(F)F)c2)cn1)c1ccc2c(c1)CNC2. The van der Waals surface area contributed by atoms with Crippen molar-refractivity contribution in [3.8, 4) is 0 Å². The molecule has 0 atom stereocenters. The Morgan fingerprint density at radius 3 is 2.79 bits per heavy atom. The fraction of sp³-hybridized carbons (Fsp3) is 0.200. The van der Waals surface area contributed by atoms with Gasteiger partial charge in [-0.25, -0.2) is 4.98 Å². The van der Waals surface area contributed by atoms with Crippen LogP contribution in [-0.4, -0.2) is 15.5 Å². The van der Waals surface area contributed by atoms with Gasteiger partial charge in [-0.2, -0.15) is 13.2 Å². The lowest BCUT2D eigenvalue weighted by Crippen LogP contribution is -2.12. The van der Waals surface area contributed by atoms with Crippen molar-refractivity contribution >= 4 is 11.7 Å². The van der Waals surface area contributed by atoms with E-state index in [4.69, 9.17) is 0 Å². The predicted octanol–water partition coefficient (Wildman–Crippen LogP) is 3.81. The Balaban J connectivity index is 1.44. The summed E-state index contributed by atoms with van der Waals surface area (Å²) in [5, 5.41) is 5.95. The van der Waals surface area contributed by atoms with Gasteiger partial charge in [-0.05, 0) is 41.0 Å². The monoisotopic (exact) mass is 386 g/mol. The molecule has 0 fully saturated rings. The summed E-state index contributed by atoms with van der Waals surface area (Å²) in [6.07, 6.45) is -1.31. The predicted molar refractivity (Wildman–Crippen MR) is 97.7 cm³/mol. The molecule has 1 aliphatic heterocycles. The highest BCUT2D eigenvalue weighted by atomic mass is 19.4.